The second-order valence-corrected chi connectivity index (χ2v) is 11.7. The predicted octanol–water partition coefficient (Wildman–Crippen LogP) is 3.65. The molecule has 1 fully saturated rings. The number of rotatable bonds is 10. The van der Waals surface area contributed by atoms with Gasteiger partial charge < -0.3 is 34.3 Å². The fraction of sp³-hybridized carbons (Fsp3) is 0.742. The zero-order chi connectivity index (χ0) is 30.2. The number of esters is 2. The van der Waals surface area contributed by atoms with Gasteiger partial charge in [-0.2, -0.15) is 0 Å². The fourth-order valence-electron chi connectivity index (χ4n) is 5.32. The highest BCUT2D eigenvalue weighted by Gasteiger charge is 2.50. The molecule has 0 aromatic carbocycles. The lowest BCUT2D eigenvalue weighted by Gasteiger charge is -2.32. The molecule has 9 heteroatoms. The Balaban J connectivity index is 2.16. The van der Waals surface area contributed by atoms with Gasteiger partial charge in [0.25, 0.3) is 0 Å². The molecule has 1 saturated heterocycles. The van der Waals surface area contributed by atoms with Crippen molar-refractivity contribution < 1.29 is 43.9 Å². The molecule has 2 rings (SSSR count). The SMILES string of the molecule is CC[C@H](OC)[C@@H](C)[C@H]1O[C@@H]1[C@H](O)[C@@H](C)/C=C/C=C(\C)[C@@H]1OC(=O)C[C@H](O)CC[C@](C)(O)[C@@H](OC(C)=O)/C=C/[C@@H]1C. The minimum atomic E-state index is -1.42. The van der Waals surface area contributed by atoms with Crippen LogP contribution in [0.4, 0.5) is 0 Å². The minimum Gasteiger partial charge on any atom is -0.457 e. The van der Waals surface area contributed by atoms with E-state index in [1.165, 1.54) is 6.92 Å². The summed E-state index contributed by atoms with van der Waals surface area (Å²) < 4.78 is 22.5. The molecule has 0 aromatic heterocycles. The van der Waals surface area contributed by atoms with Crippen LogP contribution in [-0.4, -0.2) is 82.7 Å². The van der Waals surface area contributed by atoms with E-state index in [1.807, 2.05) is 39.0 Å². The van der Waals surface area contributed by atoms with Crippen LogP contribution in [0.1, 0.15) is 74.1 Å². The molecule has 0 spiro atoms. The van der Waals surface area contributed by atoms with E-state index in [1.54, 1.807) is 26.2 Å². The number of carbonyl (C=O) groups is 2. The Morgan fingerprint density at radius 1 is 1.25 bits per heavy atom. The lowest BCUT2D eigenvalue weighted by molar-refractivity contribution is -0.157. The Bertz CT molecular complexity index is 920. The minimum absolute atomic E-state index is 0.0387. The van der Waals surface area contributed by atoms with Crippen molar-refractivity contribution in [2.24, 2.45) is 17.8 Å². The Hall–Kier alpha value is -2.04. The molecule has 0 bridgehead atoms. The molecule has 0 amide bonds. The van der Waals surface area contributed by atoms with Crippen LogP contribution in [0.25, 0.3) is 0 Å². The van der Waals surface area contributed by atoms with Crippen LogP contribution in [0, 0.1) is 17.8 Å². The van der Waals surface area contributed by atoms with E-state index in [9.17, 15) is 24.9 Å². The normalized spacial score (nSPS) is 36.0. The van der Waals surface area contributed by atoms with Crippen molar-refractivity contribution in [2.75, 3.05) is 7.11 Å². The quantitative estimate of drug-likeness (QED) is 0.157. The van der Waals surface area contributed by atoms with E-state index >= 15 is 0 Å². The molecule has 0 unspecified atom stereocenters. The van der Waals surface area contributed by atoms with E-state index in [0.717, 1.165) is 12.0 Å². The maximum atomic E-state index is 12.6. The van der Waals surface area contributed by atoms with Crippen molar-refractivity contribution in [3.05, 3.63) is 36.0 Å². The predicted molar refractivity (Wildman–Crippen MR) is 151 cm³/mol. The fourth-order valence-corrected chi connectivity index (χ4v) is 5.32. The summed E-state index contributed by atoms with van der Waals surface area (Å²) >= 11 is 0. The maximum Gasteiger partial charge on any atom is 0.309 e. The summed E-state index contributed by atoms with van der Waals surface area (Å²) in [6.45, 7) is 12.6. The van der Waals surface area contributed by atoms with Crippen molar-refractivity contribution in [2.45, 2.75) is 122 Å². The van der Waals surface area contributed by atoms with E-state index in [-0.39, 0.29) is 55.3 Å². The first-order valence-corrected chi connectivity index (χ1v) is 14.4. The van der Waals surface area contributed by atoms with E-state index in [2.05, 4.69) is 13.8 Å². The topological polar surface area (TPSA) is 135 Å². The van der Waals surface area contributed by atoms with Crippen LogP contribution in [0.2, 0.25) is 0 Å². The maximum absolute atomic E-state index is 12.6. The summed E-state index contributed by atoms with van der Waals surface area (Å²) in [7, 11) is 1.69. The molecular weight excluding hydrogens is 516 g/mol. The van der Waals surface area contributed by atoms with Crippen molar-refractivity contribution in [1.29, 1.82) is 0 Å². The Labute approximate surface area is 239 Å². The second-order valence-electron chi connectivity index (χ2n) is 11.7. The van der Waals surface area contributed by atoms with Gasteiger partial charge in [0.05, 0.1) is 30.8 Å². The van der Waals surface area contributed by atoms with Gasteiger partial charge in [-0.05, 0) is 44.8 Å². The van der Waals surface area contributed by atoms with Gasteiger partial charge >= 0.3 is 11.9 Å². The van der Waals surface area contributed by atoms with E-state index < -0.39 is 42.0 Å². The summed E-state index contributed by atoms with van der Waals surface area (Å²) in [5.74, 6) is -1.39. The first-order chi connectivity index (χ1) is 18.7. The molecule has 0 radical (unpaired) electrons. The third-order valence-corrected chi connectivity index (χ3v) is 8.09. The van der Waals surface area contributed by atoms with Crippen LogP contribution in [0.15, 0.2) is 36.0 Å². The van der Waals surface area contributed by atoms with E-state index in [0.29, 0.717) is 0 Å². The molecule has 2 heterocycles. The van der Waals surface area contributed by atoms with Gasteiger partial charge in [-0.3, -0.25) is 9.59 Å². The number of carbonyl (C=O) groups excluding carboxylic acids is 2. The highest BCUT2D eigenvalue weighted by Crippen LogP contribution is 2.37. The highest BCUT2D eigenvalue weighted by atomic mass is 16.6. The summed E-state index contributed by atoms with van der Waals surface area (Å²) in [6.07, 6.45) is 6.42. The monoisotopic (exact) mass is 566 g/mol. The number of aliphatic hydroxyl groups is 3. The number of hydrogen-bond donors (Lipinski definition) is 3. The van der Waals surface area contributed by atoms with Gasteiger partial charge in [-0.1, -0.05) is 52.0 Å². The largest absolute Gasteiger partial charge is 0.457 e. The second kappa shape index (κ2) is 15.3. The standard InChI is InChI=1S/C31H50O9/c1-9-24(37-8)21(5)29-30(40-29)27(35)18(2)11-10-12-19(3)28-20(4)13-14-25(38-22(6)32)31(7,36)16-15-23(33)17-26(34)39-28/h10-14,18,20-21,23-25,27-30,33,35-36H,9,15-17H2,1-8H3/b11-10+,14-13+,19-12+/t18-,20-,21+,23+,24-,25-,27+,28-,29+,30+,31-/m0/s1. The van der Waals surface area contributed by atoms with Gasteiger partial charge in [0.1, 0.15) is 23.9 Å². The lowest BCUT2D eigenvalue weighted by atomic mass is 9.88. The van der Waals surface area contributed by atoms with Crippen molar-refractivity contribution in [1.82, 2.24) is 0 Å². The molecule has 3 N–H and O–H groups in total. The molecule has 228 valence electrons. The number of methoxy groups -OCH3 is 1. The zero-order valence-electron chi connectivity index (χ0n) is 25.3. The highest BCUT2D eigenvalue weighted by molar-refractivity contribution is 5.70. The number of epoxide rings is 1. The molecule has 2 aliphatic heterocycles. The summed E-state index contributed by atoms with van der Waals surface area (Å²) in [4.78, 5) is 24.3. The van der Waals surface area contributed by atoms with Crippen LogP contribution in [0.3, 0.4) is 0 Å². The lowest BCUT2D eigenvalue weighted by Crippen LogP contribution is -2.42. The zero-order valence-corrected chi connectivity index (χ0v) is 25.3. The average molecular weight is 567 g/mol. The van der Waals surface area contributed by atoms with E-state index in [4.69, 9.17) is 18.9 Å². The van der Waals surface area contributed by atoms with Crippen LogP contribution in [-0.2, 0) is 28.5 Å². The van der Waals surface area contributed by atoms with Crippen molar-refractivity contribution in [3.63, 3.8) is 0 Å². The summed E-state index contributed by atoms with van der Waals surface area (Å²) in [5.41, 5.74) is -0.666. The molecule has 0 aliphatic carbocycles. The van der Waals surface area contributed by atoms with Crippen LogP contribution >= 0.6 is 0 Å². The molecule has 0 saturated carbocycles. The smallest absolute Gasteiger partial charge is 0.309 e. The van der Waals surface area contributed by atoms with Gasteiger partial charge in [-0.15, -0.1) is 0 Å². The molecule has 0 aromatic rings. The van der Waals surface area contributed by atoms with Crippen molar-refractivity contribution in [3.8, 4) is 0 Å². The summed E-state index contributed by atoms with van der Waals surface area (Å²) in [5, 5.41) is 32.2. The van der Waals surface area contributed by atoms with Gasteiger partial charge in [0.15, 0.2) is 0 Å². The Kier molecular flexibility index (Phi) is 13.0. The molecule has 9 nitrogen and oxygen atoms in total. The number of allylic oxidation sites excluding steroid dienone is 2. The molecule has 2 aliphatic rings. The number of cyclic esters (lactones) is 1. The third-order valence-electron chi connectivity index (χ3n) is 8.09. The molecule has 40 heavy (non-hydrogen) atoms. The Morgan fingerprint density at radius 3 is 2.52 bits per heavy atom. The number of ether oxygens (including phenoxy) is 4. The van der Waals surface area contributed by atoms with Gasteiger partial charge in [0.2, 0.25) is 0 Å². The van der Waals surface area contributed by atoms with Crippen molar-refractivity contribution >= 4 is 11.9 Å². The average Bonchev–Trinajstić information content (AvgIpc) is 3.68. The third kappa shape index (κ3) is 9.80. The van der Waals surface area contributed by atoms with Crippen LogP contribution < -0.4 is 0 Å². The number of hydrogen-bond acceptors (Lipinski definition) is 9. The first kappa shape index (κ1) is 34.2. The van der Waals surface area contributed by atoms with Gasteiger partial charge in [0, 0.05) is 31.8 Å². The first-order valence-electron chi connectivity index (χ1n) is 14.4. The summed E-state index contributed by atoms with van der Waals surface area (Å²) in [6, 6.07) is 0. The molecular formula is C31H50O9. The van der Waals surface area contributed by atoms with Crippen LogP contribution in [0.5, 0.6) is 0 Å². The van der Waals surface area contributed by atoms with Gasteiger partial charge in [-0.25, -0.2) is 0 Å². The Morgan fingerprint density at radius 2 is 1.93 bits per heavy atom. The number of aliphatic hydroxyl groups excluding tert-OH is 2. The molecule has 11 atom stereocenters.